The van der Waals surface area contributed by atoms with Crippen LogP contribution in [-0.4, -0.2) is 23.4 Å². The minimum Gasteiger partial charge on any atom is -0.346 e. The number of benzene rings is 1. The van der Waals surface area contributed by atoms with Gasteiger partial charge >= 0.3 is 0 Å². The molecule has 0 aliphatic heterocycles. The number of hydrogen-bond acceptors (Lipinski definition) is 4. The summed E-state index contributed by atoms with van der Waals surface area (Å²) in [5, 5.41) is 5.84. The Labute approximate surface area is 133 Å². The smallest absolute Gasteiger partial charge is 0.274 e. The molecule has 1 aromatic carbocycles. The zero-order valence-electron chi connectivity index (χ0n) is 11.4. The fourth-order valence-corrected chi connectivity index (χ4v) is 2.48. The summed E-state index contributed by atoms with van der Waals surface area (Å²) in [6, 6.07) is 9.34. The van der Waals surface area contributed by atoms with Gasteiger partial charge in [0.25, 0.3) is 10.2 Å². The van der Waals surface area contributed by atoms with E-state index in [-0.39, 0.29) is 19.0 Å². The highest BCUT2D eigenvalue weighted by atomic mass is 35.5. The molecular formula is C13H14ClN5O2S. The standard InChI is InChI=1S/C13H13N5O2S.ClH/c14-21(19,20)18-7-9-2-1-3-10(6-9)12-11-4-5-15-13(11)17-8-16-12;/h1-6,8,18H,7H2,(H2,14,19,20)(H,15,16,17);1H. The first-order valence-corrected chi connectivity index (χ1v) is 7.72. The van der Waals surface area contributed by atoms with Gasteiger partial charge in [0.2, 0.25) is 0 Å². The van der Waals surface area contributed by atoms with Gasteiger partial charge in [0.1, 0.15) is 12.0 Å². The molecule has 0 unspecified atom stereocenters. The van der Waals surface area contributed by atoms with Crippen molar-refractivity contribution in [2.45, 2.75) is 6.54 Å². The van der Waals surface area contributed by atoms with E-state index in [0.717, 1.165) is 27.9 Å². The third-order valence-corrected chi connectivity index (χ3v) is 3.58. The molecule has 0 saturated carbocycles. The van der Waals surface area contributed by atoms with E-state index in [2.05, 4.69) is 19.7 Å². The predicted octanol–water partition coefficient (Wildman–Crippen LogP) is 1.34. The lowest BCUT2D eigenvalue weighted by Gasteiger charge is -2.06. The maximum absolute atomic E-state index is 10.9. The van der Waals surface area contributed by atoms with E-state index in [0.29, 0.717) is 0 Å². The number of nitrogens with two attached hydrogens (primary N) is 1. The van der Waals surface area contributed by atoms with Crippen LogP contribution in [-0.2, 0) is 16.8 Å². The average molecular weight is 340 g/mol. The lowest BCUT2D eigenvalue weighted by atomic mass is 10.1. The molecule has 0 amide bonds. The molecule has 116 valence electrons. The Morgan fingerprint density at radius 3 is 2.82 bits per heavy atom. The SMILES string of the molecule is Cl.NS(=O)(=O)NCc1cccc(-c2ncnc3[nH]ccc23)c1. The van der Waals surface area contributed by atoms with Gasteiger partial charge in [-0.15, -0.1) is 12.4 Å². The average Bonchev–Trinajstić information content (AvgIpc) is 2.93. The minimum absolute atomic E-state index is 0. The number of halogens is 1. The number of aromatic amines is 1. The van der Waals surface area contributed by atoms with Crippen molar-refractivity contribution >= 4 is 33.6 Å². The maximum atomic E-state index is 10.9. The molecule has 22 heavy (non-hydrogen) atoms. The Morgan fingerprint density at radius 1 is 1.23 bits per heavy atom. The zero-order chi connectivity index (χ0) is 14.9. The Bertz CT molecular complexity index is 894. The largest absolute Gasteiger partial charge is 0.346 e. The highest BCUT2D eigenvalue weighted by Crippen LogP contribution is 2.25. The van der Waals surface area contributed by atoms with Crippen LogP contribution in [0.25, 0.3) is 22.3 Å². The molecule has 9 heteroatoms. The van der Waals surface area contributed by atoms with E-state index in [1.165, 1.54) is 6.33 Å². The summed E-state index contributed by atoms with van der Waals surface area (Å²) in [5.74, 6) is 0. The molecule has 0 saturated heterocycles. The number of nitrogens with zero attached hydrogens (tertiary/aromatic N) is 2. The van der Waals surface area contributed by atoms with E-state index in [1.54, 1.807) is 6.20 Å². The van der Waals surface area contributed by atoms with Gasteiger partial charge in [-0.1, -0.05) is 18.2 Å². The number of H-pyrrole nitrogens is 1. The first-order chi connectivity index (χ1) is 10.0. The predicted molar refractivity (Wildman–Crippen MR) is 86.5 cm³/mol. The van der Waals surface area contributed by atoms with Gasteiger partial charge in [-0.05, 0) is 17.7 Å². The highest BCUT2D eigenvalue weighted by Gasteiger charge is 2.08. The lowest BCUT2D eigenvalue weighted by molar-refractivity contribution is 0.583. The van der Waals surface area contributed by atoms with Gasteiger partial charge in [0.05, 0.1) is 5.69 Å². The van der Waals surface area contributed by atoms with E-state index >= 15 is 0 Å². The van der Waals surface area contributed by atoms with Crippen LogP contribution in [0, 0.1) is 0 Å². The summed E-state index contributed by atoms with van der Waals surface area (Å²) in [7, 11) is -3.71. The normalized spacial score (nSPS) is 11.3. The monoisotopic (exact) mass is 339 g/mol. The van der Waals surface area contributed by atoms with Crippen LogP contribution in [0.3, 0.4) is 0 Å². The summed E-state index contributed by atoms with van der Waals surface area (Å²) in [5.41, 5.74) is 3.23. The van der Waals surface area contributed by atoms with Gasteiger partial charge in [0, 0.05) is 23.7 Å². The number of nitrogens with one attached hydrogen (secondary N) is 2. The van der Waals surface area contributed by atoms with Crippen molar-refractivity contribution in [1.82, 2.24) is 19.7 Å². The molecule has 7 nitrogen and oxygen atoms in total. The van der Waals surface area contributed by atoms with Gasteiger partial charge < -0.3 is 4.98 Å². The molecule has 0 aliphatic rings. The molecule has 0 radical (unpaired) electrons. The van der Waals surface area contributed by atoms with Crippen molar-refractivity contribution in [3.63, 3.8) is 0 Å². The molecule has 2 aromatic heterocycles. The van der Waals surface area contributed by atoms with E-state index in [1.807, 2.05) is 30.3 Å². The molecule has 3 aromatic rings. The van der Waals surface area contributed by atoms with Gasteiger partial charge in [-0.3, -0.25) is 0 Å². The second-order valence-corrected chi connectivity index (χ2v) is 5.91. The number of rotatable bonds is 4. The third-order valence-electron chi connectivity index (χ3n) is 3.03. The van der Waals surface area contributed by atoms with Crippen LogP contribution in [0.1, 0.15) is 5.56 Å². The van der Waals surface area contributed by atoms with E-state index < -0.39 is 10.2 Å². The first kappa shape index (κ1) is 16.4. The van der Waals surface area contributed by atoms with Gasteiger partial charge in [0.15, 0.2) is 0 Å². The molecule has 0 aliphatic carbocycles. The quantitative estimate of drug-likeness (QED) is 0.665. The lowest BCUT2D eigenvalue weighted by Crippen LogP contribution is -2.30. The molecule has 3 rings (SSSR count). The number of hydrogen-bond donors (Lipinski definition) is 3. The second kappa shape index (κ2) is 6.41. The van der Waals surface area contributed by atoms with Crippen molar-refractivity contribution in [2.75, 3.05) is 0 Å². The van der Waals surface area contributed by atoms with Crippen LogP contribution in [0.5, 0.6) is 0 Å². The van der Waals surface area contributed by atoms with Crippen LogP contribution >= 0.6 is 12.4 Å². The van der Waals surface area contributed by atoms with Crippen molar-refractivity contribution in [2.24, 2.45) is 5.14 Å². The van der Waals surface area contributed by atoms with Crippen molar-refractivity contribution < 1.29 is 8.42 Å². The summed E-state index contributed by atoms with van der Waals surface area (Å²) in [6.07, 6.45) is 3.29. The highest BCUT2D eigenvalue weighted by molar-refractivity contribution is 7.87. The van der Waals surface area contributed by atoms with Crippen molar-refractivity contribution in [3.8, 4) is 11.3 Å². The molecule has 0 bridgehead atoms. The Morgan fingerprint density at radius 2 is 2.05 bits per heavy atom. The van der Waals surface area contributed by atoms with E-state index in [4.69, 9.17) is 5.14 Å². The molecule has 0 spiro atoms. The Kier molecular flexibility index (Phi) is 4.77. The minimum atomic E-state index is -3.71. The fourth-order valence-electron chi connectivity index (χ4n) is 2.11. The van der Waals surface area contributed by atoms with Gasteiger partial charge in [-0.25, -0.2) is 15.1 Å². The molecule has 2 heterocycles. The first-order valence-electron chi connectivity index (χ1n) is 6.18. The Balaban J connectivity index is 0.00000176. The maximum Gasteiger partial charge on any atom is 0.274 e. The van der Waals surface area contributed by atoms with Crippen LogP contribution < -0.4 is 9.86 Å². The van der Waals surface area contributed by atoms with Crippen molar-refractivity contribution in [3.05, 3.63) is 48.4 Å². The molecule has 4 N–H and O–H groups in total. The summed E-state index contributed by atoms with van der Waals surface area (Å²) in [4.78, 5) is 11.5. The van der Waals surface area contributed by atoms with Gasteiger partial charge in [-0.2, -0.15) is 13.1 Å². The topological polar surface area (TPSA) is 114 Å². The zero-order valence-corrected chi connectivity index (χ0v) is 13.0. The molecule has 0 atom stereocenters. The second-order valence-electron chi connectivity index (χ2n) is 4.53. The molecule has 0 fully saturated rings. The number of fused-ring (bicyclic) bond motifs is 1. The summed E-state index contributed by atoms with van der Waals surface area (Å²) < 4.78 is 24.1. The summed E-state index contributed by atoms with van der Waals surface area (Å²) >= 11 is 0. The van der Waals surface area contributed by atoms with Crippen LogP contribution in [0.2, 0.25) is 0 Å². The number of aromatic nitrogens is 3. The fraction of sp³-hybridized carbons (Fsp3) is 0.0769. The van der Waals surface area contributed by atoms with Crippen LogP contribution in [0.4, 0.5) is 0 Å². The Hall–Kier alpha value is -2.00. The summed E-state index contributed by atoms with van der Waals surface area (Å²) in [6.45, 7) is 0.133. The van der Waals surface area contributed by atoms with Crippen LogP contribution in [0.15, 0.2) is 42.9 Å². The van der Waals surface area contributed by atoms with Crippen molar-refractivity contribution in [1.29, 1.82) is 0 Å². The third kappa shape index (κ3) is 3.60. The molecular weight excluding hydrogens is 326 g/mol. The van der Waals surface area contributed by atoms with E-state index in [9.17, 15) is 8.42 Å².